The van der Waals surface area contributed by atoms with Crippen molar-refractivity contribution < 1.29 is 9.13 Å². The quantitative estimate of drug-likeness (QED) is 0.753. The first kappa shape index (κ1) is 11.6. The van der Waals surface area contributed by atoms with Crippen molar-refractivity contribution in [3.8, 4) is 5.88 Å². The van der Waals surface area contributed by atoms with Gasteiger partial charge in [0.2, 0.25) is 11.8 Å². The molecule has 0 unspecified atom stereocenters. The number of nitrogens with zero attached hydrogens (tertiary/aromatic N) is 1. The first-order valence-corrected chi connectivity index (χ1v) is 5.61. The van der Waals surface area contributed by atoms with E-state index in [2.05, 4.69) is 4.98 Å². The Kier molecular flexibility index (Phi) is 3.70. The number of rotatable bonds is 4. The van der Waals surface area contributed by atoms with Crippen molar-refractivity contribution in [3.63, 3.8) is 0 Å². The molecule has 0 bridgehead atoms. The minimum Gasteiger partial charge on any atom is -0.473 e. The van der Waals surface area contributed by atoms with Crippen LogP contribution in [-0.4, -0.2) is 4.98 Å². The second-order valence-electron chi connectivity index (χ2n) is 3.73. The van der Waals surface area contributed by atoms with Gasteiger partial charge < -0.3 is 4.74 Å². The first-order valence-electron chi connectivity index (χ1n) is 5.61. The Hall–Kier alpha value is -1.90. The van der Waals surface area contributed by atoms with E-state index in [1.54, 1.807) is 12.1 Å². The third-order valence-corrected chi connectivity index (χ3v) is 2.51. The number of pyridine rings is 1. The maximum Gasteiger partial charge on any atom is 0.219 e. The first-order chi connectivity index (χ1) is 8.29. The topological polar surface area (TPSA) is 22.1 Å². The fourth-order valence-electron chi connectivity index (χ4n) is 1.52. The van der Waals surface area contributed by atoms with Crippen molar-refractivity contribution >= 4 is 0 Å². The average Bonchev–Trinajstić information content (AvgIpc) is 2.38. The molecule has 1 aromatic carbocycles. The molecule has 0 aliphatic carbocycles. The van der Waals surface area contributed by atoms with Crippen molar-refractivity contribution in [2.45, 2.75) is 20.0 Å². The zero-order chi connectivity index (χ0) is 12.1. The molecule has 0 N–H and O–H groups in total. The van der Waals surface area contributed by atoms with Crippen molar-refractivity contribution in [2.24, 2.45) is 0 Å². The molecule has 88 valence electrons. The Bertz CT molecular complexity index is 485. The number of halogens is 1. The van der Waals surface area contributed by atoms with Gasteiger partial charge in [-0.25, -0.2) is 0 Å². The molecule has 0 radical (unpaired) electrons. The van der Waals surface area contributed by atoms with E-state index in [9.17, 15) is 4.39 Å². The van der Waals surface area contributed by atoms with Gasteiger partial charge in [0.05, 0.1) is 0 Å². The second kappa shape index (κ2) is 5.43. The largest absolute Gasteiger partial charge is 0.473 e. The van der Waals surface area contributed by atoms with Crippen molar-refractivity contribution in [1.29, 1.82) is 0 Å². The normalized spacial score (nSPS) is 10.2. The Balaban J connectivity index is 2.02. The van der Waals surface area contributed by atoms with Crippen LogP contribution < -0.4 is 4.74 Å². The molecule has 2 aromatic rings. The molecule has 0 aliphatic heterocycles. The van der Waals surface area contributed by atoms with Crippen LogP contribution in [0.5, 0.6) is 5.88 Å². The molecular formula is C14H14FNO. The molecule has 1 heterocycles. The summed E-state index contributed by atoms with van der Waals surface area (Å²) in [5.41, 5.74) is 1.64. The molecule has 0 aliphatic rings. The average molecular weight is 231 g/mol. The van der Waals surface area contributed by atoms with Gasteiger partial charge in [-0.1, -0.05) is 37.3 Å². The van der Waals surface area contributed by atoms with Crippen LogP contribution in [0.2, 0.25) is 0 Å². The lowest BCUT2D eigenvalue weighted by Gasteiger charge is -2.06. The lowest BCUT2D eigenvalue weighted by Crippen LogP contribution is -2.00. The van der Waals surface area contributed by atoms with E-state index in [0.717, 1.165) is 5.56 Å². The molecule has 3 heteroatoms. The minimum atomic E-state index is -0.446. The van der Waals surface area contributed by atoms with E-state index in [0.29, 0.717) is 24.5 Å². The van der Waals surface area contributed by atoms with E-state index in [1.165, 1.54) is 0 Å². The van der Waals surface area contributed by atoms with Gasteiger partial charge in [-0.2, -0.15) is 9.37 Å². The molecular weight excluding hydrogens is 217 g/mol. The molecule has 2 nitrogen and oxygen atoms in total. The van der Waals surface area contributed by atoms with E-state index in [4.69, 9.17) is 4.74 Å². The number of aryl methyl sites for hydroxylation is 1. The monoisotopic (exact) mass is 231 g/mol. The minimum absolute atomic E-state index is 0.323. The lowest BCUT2D eigenvalue weighted by molar-refractivity contribution is 0.288. The molecule has 1 aromatic heterocycles. The van der Waals surface area contributed by atoms with Crippen LogP contribution in [0.15, 0.2) is 42.5 Å². The van der Waals surface area contributed by atoms with Gasteiger partial charge in [-0.3, -0.25) is 0 Å². The third kappa shape index (κ3) is 3.03. The highest BCUT2D eigenvalue weighted by Crippen LogP contribution is 2.13. The van der Waals surface area contributed by atoms with Crippen LogP contribution in [0.3, 0.4) is 0 Å². The van der Waals surface area contributed by atoms with Gasteiger partial charge in [-0.05, 0) is 18.1 Å². The van der Waals surface area contributed by atoms with Crippen molar-refractivity contribution in [3.05, 3.63) is 59.5 Å². The van der Waals surface area contributed by atoms with Gasteiger partial charge in [0, 0.05) is 11.6 Å². The smallest absolute Gasteiger partial charge is 0.219 e. The highest BCUT2D eigenvalue weighted by molar-refractivity contribution is 5.20. The number of hydrogen-bond acceptors (Lipinski definition) is 2. The van der Waals surface area contributed by atoms with Crippen LogP contribution in [-0.2, 0) is 13.0 Å². The van der Waals surface area contributed by atoms with E-state index < -0.39 is 5.95 Å². The summed E-state index contributed by atoms with van der Waals surface area (Å²) < 4.78 is 18.8. The highest BCUT2D eigenvalue weighted by Gasteiger charge is 2.04. The fraction of sp³-hybridized carbons (Fsp3) is 0.214. The van der Waals surface area contributed by atoms with Crippen LogP contribution in [0.25, 0.3) is 0 Å². The standard InChI is InChI=1S/C14H14FNO/c1-2-12-8-9-13(16-14(12)15)17-10-11-6-4-3-5-7-11/h3-9H,2,10H2,1H3. The number of benzene rings is 1. The molecule has 2 rings (SSSR count). The maximum atomic E-state index is 13.4. The molecule has 17 heavy (non-hydrogen) atoms. The van der Waals surface area contributed by atoms with Crippen LogP contribution in [0, 0.1) is 5.95 Å². The van der Waals surface area contributed by atoms with Gasteiger partial charge in [0.15, 0.2) is 0 Å². The van der Waals surface area contributed by atoms with E-state index >= 15 is 0 Å². The number of ether oxygens (including phenoxy) is 1. The molecule has 0 amide bonds. The molecule has 0 spiro atoms. The Labute approximate surface area is 100 Å². The second-order valence-corrected chi connectivity index (χ2v) is 3.73. The molecule has 0 fully saturated rings. The maximum absolute atomic E-state index is 13.4. The van der Waals surface area contributed by atoms with Crippen LogP contribution >= 0.6 is 0 Å². The number of hydrogen-bond donors (Lipinski definition) is 0. The van der Waals surface area contributed by atoms with Crippen LogP contribution in [0.1, 0.15) is 18.1 Å². The number of aromatic nitrogens is 1. The summed E-state index contributed by atoms with van der Waals surface area (Å²) in [5.74, 6) is -0.124. The van der Waals surface area contributed by atoms with Crippen molar-refractivity contribution in [2.75, 3.05) is 0 Å². The zero-order valence-corrected chi connectivity index (χ0v) is 9.69. The SMILES string of the molecule is CCc1ccc(OCc2ccccc2)nc1F. The van der Waals surface area contributed by atoms with E-state index in [1.807, 2.05) is 37.3 Å². The Morgan fingerprint density at radius 3 is 2.53 bits per heavy atom. The highest BCUT2D eigenvalue weighted by atomic mass is 19.1. The third-order valence-electron chi connectivity index (χ3n) is 2.51. The summed E-state index contributed by atoms with van der Waals surface area (Å²) in [6.45, 7) is 2.29. The summed E-state index contributed by atoms with van der Waals surface area (Å²) in [4.78, 5) is 3.77. The zero-order valence-electron chi connectivity index (χ0n) is 9.69. The fourth-order valence-corrected chi connectivity index (χ4v) is 1.52. The summed E-state index contributed by atoms with van der Waals surface area (Å²) in [5, 5.41) is 0. The van der Waals surface area contributed by atoms with Gasteiger partial charge >= 0.3 is 0 Å². The van der Waals surface area contributed by atoms with E-state index in [-0.39, 0.29) is 0 Å². The summed E-state index contributed by atoms with van der Waals surface area (Å²) in [6.07, 6.45) is 0.637. The molecule has 0 saturated heterocycles. The predicted octanol–water partition coefficient (Wildman–Crippen LogP) is 3.36. The Morgan fingerprint density at radius 2 is 1.88 bits per heavy atom. The Morgan fingerprint density at radius 1 is 1.12 bits per heavy atom. The van der Waals surface area contributed by atoms with Crippen molar-refractivity contribution in [1.82, 2.24) is 4.98 Å². The van der Waals surface area contributed by atoms with Gasteiger partial charge in [-0.15, -0.1) is 0 Å². The van der Waals surface area contributed by atoms with Gasteiger partial charge in [0.25, 0.3) is 0 Å². The summed E-state index contributed by atoms with van der Waals surface area (Å²) in [7, 11) is 0. The molecule has 0 atom stereocenters. The molecule has 0 saturated carbocycles. The van der Waals surface area contributed by atoms with Crippen LogP contribution in [0.4, 0.5) is 4.39 Å². The lowest BCUT2D eigenvalue weighted by atomic mass is 10.2. The predicted molar refractivity (Wildman–Crippen MR) is 64.3 cm³/mol. The van der Waals surface area contributed by atoms with Gasteiger partial charge in [0.1, 0.15) is 6.61 Å². The summed E-state index contributed by atoms with van der Waals surface area (Å²) in [6, 6.07) is 13.1. The summed E-state index contributed by atoms with van der Waals surface area (Å²) >= 11 is 0.